The number of nitrogens with zero attached hydrogens (tertiary/aromatic N) is 3. The molecule has 2 aromatic rings. The van der Waals surface area contributed by atoms with Crippen molar-refractivity contribution in [3.8, 4) is 11.5 Å². The molecule has 0 saturated carbocycles. The summed E-state index contributed by atoms with van der Waals surface area (Å²) in [5.41, 5.74) is -0.395. The first-order valence-corrected chi connectivity index (χ1v) is 7.78. The molecule has 3 rings (SSSR count). The Morgan fingerprint density at radius 1 is 1.44 bits per heavy atom. The zero-order valence-corrected chi connectivity index (χ0v) is 14.2. The first-order chi connectivity index (χ1) is 11.8. The minimum Gasteiger partial charge on any atom is -0.442 e. The topological polar surface area (TPSA) is 80.5 Å². The Morgan fingerprint density at radius 2 is 2.12 bits per heavy atom. The molecular weight excluding hydrogens is 354 g/mol. The lowest BCUT2D eigenvalue weighted by atomic mass is 10.1. The van der Waals surface area contributed by atoms with Gasteiger partial charge in [0.1, 0.15) is 23.3 Å². The first kappa shape index (κ1) is 17.2. The monoisotopic (exact) mass is 368 g/mol. The van der Waals surface area contributed by atoms with Crippen molar-refractivity contribution in [1.29, 1.82) is 0 Å². The van der Waals surface area contributed by atoms with Gasteiger partial charge in [0.2, 0.25) is 0 Å². The maximum atomic E-state index is 14.4. The molecule has 10 heteroatoms. The van der Waals surface area contributed by atoms with Gasteiger partial charge < -0.3 is 14.6 Å². The molecule has 25 heavy (non-hydrogen) atoms. The number of aromatic nitrogens is 2. The molecule has 0 spiro atoms. The highest BCUT2D eigenvalue weighted by Crippen LogP contribution is 2.31. The number of aryl methyl sites for hydroxylation is 1. The Kier molecular flexibility index (Phi) is 4.62. The summed E-state index contributed by atoms with van der Waals surface area (Å²) in [6.07, 6.45) is -1.16. The predicted molar refractivity (Wildman–Crippen MR) is 88.3 cm³/mol. The molecule has 1 fully saturated rings. The number of cyclic esters (lactones) is 1. The van der Waals surface area contributed by atoms with E-state index in [2.05, 4.69) is 15.5 Å². The minimum absolute atomic E-state index is 0.0431. The lowest BCUT2D eigenvalue weighted by molar-refractivity contribution is 0.143. The van der Waals surface area contributed by atoms with Gasteiger partial charge in [-0.3, -0.25) is 4.90 Å². The van der Waals surface area contributed by atoms with E-state index in [-0.39, 0.29) is 23.9 Å². The molecule has 1 aromatic heterocycles. The van der Waals surface area contributed by atoms with Crippen LogP contribution < -0.4 is 10.2 Å². The number of rotatable bonds is 4. The Morgan fingerprint density at radius 3 is 2.68 bits per heavy atom. The van der Waals surface area contributed by atoms with Gasteiger partial charge in [-0.1, -0.05) is 17.4 Å². The summed E-state index contributed by atoms with van der Waals surface area (Å²) in [4.78, 5) is 17.5. The number of halogens is 2. The van der Waals surface area contributed by atoms with Crippen LogP contribution >= 0.6 is 12.2 Å². The second-order valence-corrected chi connectivity index (χ2v) is 6.10. The largest absolute Gasteiger partial charge is 0.442 e. The van der Waals surface area contributed by atoms with Crippen molar-refractivity contribution in [2.45, 2.75) is 20.0 Å². The average Bonchev–Trinajstić information content (AvgIpc) is 3.10. The first-order valence-electron chi connectivity index (χ1n) is 7.37. The smallest absolute Gasteiger partial charge is 0.414 e. The fourth-order valence-corrected chi connectivity index (χ4v) is 2.50. The average molecular weight is 368 g/mol. The summed E-state index contributed by atoms with van der Waals surface area (Å²) in [7, 11) is 0. The molecule has 1 N–H and O–H groups in total. The highest BCUT2D eigenvalue weighted by Gasteiger charge is 2.33. The van der Waals surface area contributed by atoms with Crippen molar-refractivity contribution in [2.24, 2.45) is 0 Å². The Hall–Kier alpha value is -2.62. The number of hydrogen-bond acceptors (Lipinski definition) is 6. The molecular formula is C15H14F2N4O3S. The predicted octanol–water partition coefficient (Wildman–Crippen LogP) is 2.59. The zero-order chi connectivity index (χ0) is 18.1. The lowest BCUT2D eigenvalue weighted by Crippen LogP contribution is -2.32. The van der Waals surface area contributed by atoms with Crippen LogP contribution in [-0.2, 0) is 4.74 Å². The van der Waals surface area contributed by atoms with Gasteiger partial charge in [0.15, 0.2) is 5.82 Å². The molecule has 1 aliphatic rings. The van der Waals surface area contributed by atoms with Crippen molar-refractivity contribution >= 4 is 29.0 Å². The van der Waals surface area contributed by atoms with Crippen LogP contribution in [0.5, 0.6) is 0 Å². The minimum atomic E-state index is -0.914. The van der Waals surface area contributed by atoms with E-state index in [1.54, 1.807) is 6.92 Å². The zero-order valence-electron chi connectivity index (χ0n) is 13.4. The van der Waals surface area contributed by atoms with E-state index < -0.39 is 29.4 Å². The maximum absolute atomic E-state index is 14.4. The summed E-state index contributed by atoms with van der Waals surface area (Å²) in [5.74, 6) is -1.84. The molecule has 1 atom stereocenters. The number of thiocarbonyl (C=S) groups is 1. The van der Waals surface area contributed by atoms with Crippen LogP contribution in [0.25, 0.3) is 11.5 Å². The molecule has 2 heterocycles. The van der Waals surface area contributed by atoms with Crippen molar-refractivity contribution in [2.75, 3.05) is 18.0 Å². The molecule has 0 bridgehead atoms. The molecule has 0 radical (unpaired) electrons. The summed E-state index contributed by atoms with van der Waals surface area (Å²) < 4.78 is 38.7. The van der Waals surface area contributed by atoms with Crippen molar-refractivity contribution < 1.29 is 22.8 Å². The summed E-state index contributed by atoms with van der Waals surface area (Å²) in [6, 6.07) is 2.05. The van der Waals surface area contributed by atoms with E-state index in [1.807, 2.05) is 0 Å². The van der Waals surface area contributed by atoms with E-state index in [0.29, 0.717) is 11.5 Å². The van der Waals surface area contributed by atoms with Gasteiger partial charge in [-0.2, -0.15) is 4.98 Å². The van der Waals surface area contributed by atoms with Gasteiger partial charge in [-0.05, 0) is 26.0 Å². The third-order valence-corrected chi connectivity index (χ3v) is 3.68. The maximum Gasteiger partial charge on any atom is 0.414 e. The van der Waals surface area contributed by atoms with Gasteiger partial charge >= 0.3 is 6.09 Å². The van der Waals surface area contributed by atoms with Crippen LogP contribution in [0.1, 0.15) is 12.7 Å². The second-order valence-electron chi connectivity index (χ2n) is 5.48. The molecule has 1 unspecified atom stereocenters. The van der Waals surface area contributed by atoms with Crippen LogP contribution in [-0.4, -0.2) is 40.4 Å². The SMILES string of the molecule is CC(=S)NCC1CN(c2cc(F)c(-c3nc(C)no3)c(F)c2)C(=O)O1. The molecule has 1 amide bonds. The van der Waals surface area contributed by atoms with Crippen LogP contribution in [0.3, 0.4) is 0 Å². The lowest BCUT2D eigenvalue weighted by Gasteiger charge is -2.14. The highest BCUT2D eigenvalue weighted by molar-refractivity contribution is 7.80. The van der Waals surface area contributed by atoms with Gasteiger partial charge in [0.25, 0.3) is 5.89 Å². The number of ether oxygens (including phenoxy) is 1. The van der Waals surface area contributed by atoms with Crippen molar-refractivity contribution in [3.63, 3.8) is 0 Å². The third-order valence-electron chi connectivity index (χ3n) is 3.53. The van der Waals surface area contributed by atoms with E-state index in [1.165, 1.54) is 6.92 Å². The van der Waals surface area contributed by atoms with Gasteiger partial charge in [0.05, 0.1) is 23.8 Å². The molecule has 0 aliphatic carbocycles. The number of carbonyl (C=O) groups excluding carboxylic acids is 1. The third kappa shape index (κ3) is 3.58. The number of benzene rings is 1. The van der Waals surface area contributed by atoms with Crippen LogP contribution in [0.2, 0.25) is 0 Å². The summed E-state index contributed by atoms with van der Waals surface area (Å²) in [6.45, 7) is 3.70. The normalized spacial score (nSPS) is 16.9. The van der Waals surface area contributed by atoms with Gasteiger partial charge in [0, 0.05) is 0 Å². The second kappa shape index (κ2) is 6.71. The number of amides is 1. The number of nitrogens with one attached hydrogen (secondary N) is 1. The van der Waals surface area contributed by atoms with E-state index in [9.17, 15) is 13.6 Å². The fraction of sp³-hybridized carbons (Fsp3) is 0.333. The summed E-state index contributed by atoms with van der Waals surface area (Å²) >= 11 is 4.89. The molecule has 1 aromatic carbocycles. The molecule has 7 nitrogen and oxygen atoms in total. The van der Waals surface area contributed by atoms with Crippen molar-refractivity contribution in [1.82, 2.24) is 15.5 Å². The van der Waals surface area contributed by atoms with Crippen molar-refractivity contribution in [3.05, 3.63) is 29.6 Å². The number of hydrogen-bond donors (Lipinski definition) is 1. The molecule has 132 valence electrons. The Bertz CT molecular complexity index is 819. The highest BCUT2D eigenvalue weighted by atomic mass is 32.1. The summed E-state index contributed by atoms with van der Waals surface area (Å²) in [5, 5.41) is 6.40. The van der Waals surface area contributed by atoms with E-state index in [0.717, 1.165) is 17.0 Å². The van der Waals surface area contributed by atoms with Gasteiger partial charge in [-0.15, -0.1) is 0 Å². The Balaban J connectivity index is 1.84. The van der Waals surface area contributed by atoms with Crippen LogP contribution in [0.4, 0.5) is 19.3 Å². The molecule has 1 saturated heterocycles. The van der Waals surface area contributed by atoms with Crippen LogP contribution in [0.15, 0.2) is 16.7 Å². The van der Waals surface area contributed by atoms with Gasteiger partial charge in [-0.25, -0.2) is 13.6 Å². The quantitative estimate of drug-likeness (QED) is 0.831. The fourth-order valence-electron chi connectivity index (χ4n) is 2.41. The molecule has 1 aliphatic heterocycles. The standard InChI is InChI=1S/C15H14F2N4O3S/c1-7-19-14(24-20-7)13-11(16)3-9(4-12(13)17)21-6-10(23-15(21)22)5-18-8(2)25/h3-4,10H,5-6H2,1-2H3,(H,18,25). The number of anilines is 1. The van der Waals surface area contributed by atoms with E-state index in [4.69, 9.17) is 21.5 Å². The van der Waals surface area contributed by atoms with Crippen LogP contribution in [0, 0.1) is 18.6 Å². The Labute approximate surface area is 146 Å². The van der Waals surface area contributed by atoms with E-state index >= 15 is 0 Å². The number of carbonyl (C=O) groups is 1.